The summed E-state index contributed by atoms with van der Waals surface area (Å²) in [6, 6.07) is 15.6. The van der Waals surface area contributed by atoms with E-state index in [0.717, 1.165) is 11.3 Å². The Morgan fingerprint density at radius 2 is 1.92 bits per heavy atom. The summed E-state index contributed by atoms with van der Waals surface area (Å²) in [5, 5.41) is 11.8. The number of nitro benzene ring substituents is 1. The van der Waals surface area contributed by atoms with Crippen LogP contribution in [0.25, 0.3) is 17.4 Å². The summed E-state index contributed by atoms with van der Waals surface area (Å²) in [6.45, 7) is 1.68. The highest BCUT2D eigenvalue weighted by Gasteiger charge is 2.34. The van der Waals surface area contributed by atoms with Crippen molar-refractivity contribution in [2.24, 2.45) is 4.99 Å². The number of nitro groups is 1. The molecule has 0 N–H and O–H groups in total. The van der Waals surface area contributed by atoms with Crippen molar-refractivity contribution in [2.75, 3.05) is 7.11 Å². The molecule has 2 aromatic carbocycles. The van der Waals surface area contributed by atoms with Crippen molar-refractivity contribution in [1.82, 2.24) is 4.57 Å². The number of allylic oxidation sites excluding steroid dienone is 1. The van der Waals surface area contributed by atoms with Crippen molar-refractivity contribution in [1.29, 1.82) is 0 Å². The first kappa shape index (κ1) is 24.4. The Hall–Kier alpha value is -4.28. The van der Waals surface area contributed by atoms with E-state index in [1.54, 1.807) is 67.6 Å². The quantitative estimate of drug-likeness (QED) is 0.214. The van der Waals surface area contributed by atoms with Crippen LogP contribution in [0.2, 0.25) is 5.02 Å². The Bertz CT molecular complexity index is 1780. The lowest BCUT2D eigenvalue weighted by Gasteiger charge is -2.25. The van der Waals surface area contributed by atoms with Gasteiger partial charge in [0.05, 0.1) is 33.4 Å². The number of hydrogen-bond acceptors (Lipinski definition) is 8. The molecular weight excluding hydrogens is 518 g/mol. The molecule has 9 nitrogen and oxygen atoms in total. The first-order valence-corrected chi connectivity index (χ1v) is 12.2. The zero-order chi connectivity index (χ0) is 26.3. The van der Waals surface area contributed by atoms with Gasteiger partial charge in [-0.05, 0) is 36.8 Å². The van der Waals surface area contributed by atoms with Crippen LogP contribution in [0.5, 0.6) is 0 Å². The van der Waals surface area contributed by atoms with Gasteiger partial charge in [-0.1, -0.05) is 53.3 Å². The van der Waals surface area contributed by atoms with Crippen LogP contribution in [-0.4, -0.2) is 22.6 Å². The van der Waals surface area contributed by atoms with Gasteiger partial charge in [-0.15, -0.1) is 0 Å². The van der Waals surface area contributed by atoms with Gasteiger partial charge < -0.3 is 9.15 Å². The Kier molecular flexibility index (Phi) is 6.36. The molecule has 5 rings (SSSR count). The summed E-state index contributed by atoms with van der Waals surface area (Å²) in [5.74, 6) is 0.0151. The molecule has 37 heavy (non-hydrogen) atoms. The van der Waals surface area contributed by atoms with Crippen LogP contribution in [-0.2, 0) is 9.53 Å². The SMILES string of the molecule is COC(=O)C1=C(C)N=c2s/c(=C/c3ccc(-c4ccccc4[N+](=O)[O-])o3)c(=O)n2C1c1ccccc1Cl. The Morgan fingerprint density at radius 3 is 2.65 bits per heavy atom. The molecule has 11 heteroatoms. The smallest absolute Gasteiger partial charge is 0.338 e. The van der Waals surface area contributed by atoms with Crippen LogP contribution in [0.15, 0.2) is 86.1 Å². The van der Waals surface area contributed by atoms with Gasteiger partial charge in [0.2, 0.25) is 0 Å². The topological polar surface area (TPSA) is 117 Å². The summed E-state index contributed by atoms with van der Waals surface area (Å²) < 4.78 is 12.6. The van der Waals surface area contributed by atoms with Crippen LogP contribution in [0.3, 0.4) is 0 Å². The number of para-hydroxylation sites is 1. The average Bonchev–Trinajstić information content (AvgIpc) is 3.47. The van der Waals surface area contributed by atoms with Crippen molar-refractivity contribution < 1.29 is 18.9 Å². The number of esters is 1. The highest BCUT2D eigenvalue weighted by atomic mass is 35.5. The van der Waals surface area contributed by atoms with Gasteiger partial charge in [0.1, 0.15) is 17.6 Å². The summed E-state index contributed by atoms with van der Waals surface area (Å²) in [6.07, 6.45) is 1.54. The molecule has 1 unspecified atom stereocenters. The van der Waals surface area contributed by atoms with Crippen molar-refractivity contribution in [3.8, 4) is 11.3 Å². The number of rotatable bonds is 5. The molecule has 4 aromatic rings. The van der Waals surface area contributed by atoms with Crippen LogP contribution in [0.4, 0.5) is 5.69 Å². The number of halogens is 1. The molecule has 0 fully saturated rings. The lowest BCUT2D eigenvalue weighted by molar-refractivity contribution is -0.384. The summed E-state index contributed by atoms with van der Waals surface area (Å²) in [7, 11) is 1.27. The molecule has 2 aromatic heterocycles. The fourth-order valence-electron chi connectivity index (χ4n) is 4.23. The number of nitrogens with zero attached hydrogens (tertiary/aromatic N) is 3. The molecule has 0 radical (unpaired) electrons. The van der Waals surface area contributed by atoms with Crippen LogP contribution >= 0.6 is 22.9 Å². The van der Waals surface area contributed by atoms with Gasteiger partial charge in [-0.2, -0.15) is 0 Å². The van der Waals surface area contributed by atoms with E-state index < -0.39 is 22.5 Å². The van der Waals surface area contributed by atoms with E-state index in [4.69, 9.17) is 20.8 Å². The number of thiazole rings is 1. The molecule has 0 spiro atoms. The second kappa shape index (κ2) is 9.64. The number of ether oxygens (including phenoxy) is 1. The molecule has 0 bridgehead atoms. The minimum absolute atomic E-state index is 0.0895. The van der Waals surface area contributed by atoms with Gasteiger partial charge in [0.25, 0.3) is 11.2 Å². The van der Waals surface area contributed by atoms with E-state index in [9.17, 15) is 19.7 Å². The first-order valence-electron chi connectivity index (χ1n) is 11.0. The number of methoxy groups -OCH3 is 1. The number of carbonyl (C=O) groups is 1. The van der Waals surface area contributed by atoms with Gasteiger partial charge in [0.15, 0.2) is 4.80 Å². The van der Waals surface area contributed by atoms with E-state index in [-0.39, 0.29) is 11.3 Å². The van der Waals surface area contributed by atoms with E-state index in [1.807, 2.05) is 0 Å². The highest BCUT2D eigenvalue weighted by molar-refractivity contribution is 7.07. The predicted molar refractivity (Wildman–Crippen MR) is 138 cm³/mol. The molecule has 3 heterocycles. The van der Waals surface area contributed by atoms with Crippen LogP contribution in [0.1, 0.15) is 24.3 Å². The largest absolute Gasteiger partial charge is 0.466 e. The van der Waals surface area contributed by atoms with Gasteiger partial charge in [-0.25, -0.2) is 9.79 Å². The standard InChI is InChI=1S/C26H18ClN3O6S/c1-14-22(25(32)35-2)23(16-7-3-5-9-18(16)27)29-24(31)21(37-26(29)28-14)13-15-11-12-20(36-15)17-8-4-6-10-19(17)30(33)34/h3-13,23H,1-2H3/b21-13+. The van der Waals surface area contributed by atoms with Gasteiger partial charge in [-0.3, -0.25) is 19.5 Å². The van der Waals surface area contributed by atoms with Crippen molar-refractivity contribution in [3.05, 3.63) is 118 Å². The van der Waals surface area contributed by atoms with Crippen molar-refractivity contribution in [3.63, 3.8) is 0 Å². The Morgan fingerprint density at radius 1 is 1.19 bits per heavy atom. The average molecular weight is 536 g/mol. The molecule has 0 saturated heterocycles. The number of benzene rings is 2. The number of carbonyl (C=O) groups excluding carboxylic acids is 1. The second-order valence-corrected chi connectivity index (χ2v) is 9.49. The maximum atomic E-state index is 13.6. The van der Waals surface area contributed by atoms with Crippen molar-refractivity contribution >= 4 is 40.7 Å². The maximum absolute atomic E-state index is 13.6. The predicted octanol–water partition coefficient (Wildman–Crippen LogP) is 4.23. The Labute approximate surface area is 218 Å². The maximum Gasteiger partial charge on any atom is 0.338 e. The summed E-state index contributed by atoms with van der Waals surface area (Å²) in [4.78, 5) is 42.2. The number of furan rings is 1. The number of aromatic nitrogens is 1. The van der Waals surface area contributed by atoms with E-state index in [2.05, 4.69) is 4.99 Å². The van der Waals surface area contributed by atoms with E-state index in [1.165, 1.54) is 17.7 Å². The number of fused-ring (bicyclic) bond motifs is 1. The van der Waals surface area contributed by atoms with Crippen LogP contribution < -0.4 is 14.9 Å². The molecule has 0 aliphatic carbocycles. The zero-order valence-corrected chi connectivity index (χ0v) is 21.1. The molecule has 1 atom stereocenters. The molecule has 1 aliphatic heterocycles. The third-order valence-electron chi connectivity index (χ3n) is 5.89. The minimum Gasteiger partial charge on any atom is -0.466 e. The lowest BCUT2D eigenvalue weighted by atomic mass is 9.96. The molecular formula is C26H18ClN3O6S. The van der Waals surface area contributed by atoms with Crippen LogP contribution in [0, 0.1) is 10.1 Å². The highest BCUT2D eigenvalue weighted by Crippen LogP contribution is 2.34. The Balaban J connectivity index is 1.66. The monoisotopic (exact) mass is 535 g/mol. The molecule has 0 amide bonds. The summed E-state index contributed by atoms with van der Waals surface area (Å²) >= 11 is 7.61. The lowest BCUT2D eigenvalue weighted by Crippen LogP contribution is -2.39. The fraction of sp³-hybridized carbons (Fsp3) is 0.115. The third kappa shape index (κ3) is 4.30. The zero-order valence-electron chi connectivity index (χ0n) is 19.5. The van der Waals surface area contributed by atoms with E-state index in [0.29, 0.717) is 42.7 Å². The summed E-state index contributed by atoms with van der Waals surface area (Å²) in [5.41, 5.74) is 1.03. The van der Waals surface area contributed by atoms with E-state index >= 15 is 0 Å². The molecule has 1 aliphatic rings. The first-order chi connectivity index (χ1) is 17.8. The van der Waals surface area contributed by atoms with Crippen molar-refractivity contribution in [2.45, 2.75) is 13.0 Å². The molecule has 0 saturated carbocycles. The van der Waals surface area contributed by atoms with Gasteiger partial charge >= 0.3 is 5.97 Å². The normalized spacial score (nSPS) is 15.3. The van der Waals surface area contributed by atoms with Gasteiger partial charge in [0, 0.05) is 17.2 Å². The third-order valence-corrected chi connectivity index (χ3v) is 7.22. The number of hydrogen-bond donors (Lipinski definition) is 0. The minimum atomic E-state index is -0.835. The molecule has 186 valence electrons. The second-order valence-electron chi connectivity index (χ2n) is 8.07. The fourth-order valence-corrected chi connectivity index (χ4v) is 5.50.